The molecule has 0 aliphatic heterocycles. The van der Waals surface area contributed by atoms with Gasteiger partial charge < -0.3 is 29.2 Å². The van der Waals surface area contributed by atoms with Crippen molar-refractivity contribution in [1.29, 1.82) is 0 Å². The van der Waals surface area contributed by atoms with Crippen LogP contribution in [-0.4, -0.2) is 66.8 Å². The average Bonchev–Trinajstić information content (AvgIpc) is 2.91. The maximum absolute atomic E-state index is 12.8. The van der Waals surface area contributed by atoms with E-state index in [1.54, 1.807) is 0 Å². The molecule has 0 radical (unpaired) electrons. The normalized spacial score (nSPS) is 20.2. The van der Waals surface area contributed by atoms with Gasteiger partial charge in [-0.25, -0.2) is 4.79 Å². The third kappa shape index (κ3) is 8.85. The molecule has 9 heteroatoms. The molecule has 1 saturated carbocycles. The van der Waals surface area contributed by atoms with E-state index in [2.05, 4.69) is 25.7 Å². The Morgan fingerprint density at radius 3 is 2.32 bits per heavy atom. The van der Waals surface area contributed by atoms with Crippen LogP contribution in [0.1, 0.15) is 38.2 Å². The van der Waals surface area contributed by atoms with Crippen LogP contribution in [0.15, 0.2) is 60.2 Å². The minimum Gasteiger partial charge on any atom is -0.491 e. The van der Waals surface area contributed by atoms with Gasteiger partial charge >= 0.3 is 17.9 Å². The van der Waals surface area contributed by atoms with Crippen LogP contribution in [-0.2, 0) is 35.0 Å². The van der Waals surface area contributed by atoms with Crippen molar-refractivity contribution in [3.05, 3.63) is 65.8 Å². The van der Waals surface area contributed by atoms with Gasteiger partial charge in [0.05, 0.1) is 25.0 Å². The predicted octanol–water partition coefficient (Wildman–Crippen LogP) is 3.40. The van der Waals surface area contributed by atoms with Crippen molar-refractivity contribution in [3.63, 3.8) is 0 Å². The number of esters is 2. The summed E-state index contributed by atoms with van der Waals surface area (Å²) in [5.41, 5.74) is 3.70. The number of carboxylic acids is 1. The lowest BCUT2D eigenvalue weighted by Gasteiger charge is -2.29. The van der Waals surface area contributed by atoms with Crippen molar-refractivity contribution in [1.82, 2.24) is 0 Å². The Morgan fingerprint density at radius 1 is 1.03 bits per heavy atom. The first-order valence-corrected chi connectivity index (χ1v) is 12.8. The van der Waals surface area contributed by atoms with Crippen molar-refractivity contribution in [2.45, 2.75) is 51.2 Å². The first kappa shape index (κ1) is 29.1. The van der Waals surface area contributed by atoms with Gasteiger partial charge in [0.2, 0.25) is 0 Å². The Bertz CT molecular complexity index is 1040. The molecule has 2 N–H and O–H groups in total. The monoisotopic (exact) mass is 528 g/mol. The highest BCUT2D eigenvalue weighted by atomic mass is 16.6. The largest absolute Gasteiger partial charge is 0.491 e. The molecule has 3 rings (SSSR count). The highest BCUT2D eigenvalue weighted by Crippen LogP contribution is 2.31. The minimum atomic E-state index is -1.03. The number of allylic oxidation sites excluding steroid dienone is 4. The Hall–Kier alpha value is -3.43. The van der Waals surface area contributed by atoms with Crippen molar-refractivity contribution < 1.29 is 43.5 Å². The summed E-state index contributed by atoms with van der Waals surface area (Å²) in [6, 6.07) is 7.65. The van der Waals surface area contributed by atoms with Gasteiger partial charge in [-0.3, -0.25) is 9.59 Å². The van der Waals surface area contributed by atoms with Gasteiger partial charge in [0.1, 0.15) is 25.1 Å². The maximum Gasteiger partial charge on any atom is 0.330 e. The molecule has 2 aliphatic carbocycles. The maximum atomic E-state index is 12.8. The van der Waals surface area contributed by atoms with E-state index < -0.39 is 42.0 Å². The Labute approximate surface area is 222 Å². The van der Waals surface area contributed by atoms with Gasteiger partial charge in [-0.05, 0) is 49.5 Å². The number of aliphatic hydroxyl groups excluding tert-OH is 1. The second-order valence-electron chi connectivity index (χ2n) is 9.61. The summed E-state index contributed by atoms with van der Waals surface area (Å²) >= 11 is 0. The number of aliphatic hydroxyl groups is 1. The van der Waals surface area contributed by atoms with E-state index in [9.17, 15) is 24.6 Å². The summed E-state index contributed by atoms with van der Waals surface area (Å²) in [4.78, 5) is 36.0. The molecule has 9 nitrogen and oxygen atoms in total. The number of carbonyl (C=O) groups excluding carboxylic acids is 2. The van der Waals surface area contributed by atoms with E-state index in [4.69, 9.17) is 18.9 Å². The minimum absolute atomic E-state index is 0.0414. The third-order valence-electron chi connectivity index (χ3n) is 6.56. The number of carbonyl (C=O) groups is 3. The number of hydrogen-bond acceptors (Lipinski definition) is 8. The van der Waals surface area contributed by atoms with Crippen LogP contribution in [0.2, 0.25) is 0 Å². The second-order valence-corrected chi connectivity index (χ2v) is 9.61. The van der Waals surface area contributed by atoms with Crippen LogP contribution in [0.4, 0.5) is 0 Å². The number of carboxylic acid groups (broad SMARTS) is 1. The number of aliphatic carboxylic acids is 1. The van der Waals surface area contributed by atoms with Gasteiger partial charge in [0, 0.05) is 6.08 Å². The fourth-order valence-corrected chi connectivity index (χ4v) is 4.51. The summed E-state index contributed by atoms with van der Waals surface area (Å²) < 4.78 is 22.0. The molecule has 0 aromatic heterocycles. The summed E-state index contributed by atoms with van der Waals surface area (Å²) in [7, 11) is 0. The fraction of sp³-hybridized carbons (Fsp3) is 0.483. The Balaban J connectivity index is 1.52. The summed E-state index contributed by atoms with van der Waals surface area (Å²) in [5.74, 6) is -3.37. The van der Waals surface area contributed by atoms with Crippen LogP contribution < -0.4 is 4.74 Å². The van der Waals surface area contributed by atoms with Crippen LogP contribution in [0.5, 0.6) is 5.75 Å². The van der Waals surface area contributed by atoms with Crippen LogP contribution in [0.3, 0.4) is 0 Å². The van der Waals surface area contributed by atoms with E-state index >= 15 is 0 Å². The smallest absolute Gasteiger partial charge is 0.330 e. The molecule has 4 atom stereocenters. The molecule has 206 valence electrons. The quantitative estimate of drug-likeness (QED) is 0.260. The molecule has 0 amide bonds. The van der Waals surface area contributed by atoms with E-state index in [1.165, 1.54) is 11.1 Å². The SMILES string of the molecule is C=CC(=O)OCC(COC(CO)COc1ccc(CC2=CC(C)=C2)cc1)OC(=O)C1CCCCC1C(=O)O. The van der Waals surface area contributed by atoms with Gasteiger partial charge in [-0.2, -0.15) is 0 Å². The van der Waals surface area contributed by atoms with Crippen LogP contribution >= 0.6 is 0 Å². The van der Waals surface area contributed by atoms with Gasteiger partial charge in [0.15, 0.2) is 6.10 Å². The van der Waals surface area contributed by atoms with Crippen molar-refractivity contribution in [3.8, 4) is 5.75 Å². The summed E-state index contributed by atoms with van der Waals surface area (Å²) in [5, 5.41) is 19.2. The predicted molar refractivity (Wildman–Crippen MR) is 138 cm³/mol. The number of hydrogen-bond donors (Lipinski definition) is 2. The molecule has 0 bridgehead atoms. The molecule has 4 unspecified atom stereocenters. The van der Waals surface area contributed by atoms with Gasteiger partial charge in [-0.15, -0.1) is 0 Å². The Kier molecular flexibility index (Phi) is 11.1. The topological polar surface area (TPSA) is 129 Å². The van der Waals surface area contributed by atoms with Crippen molar-refractivity contribution >= 4 is 17.9 Å². The first-order chi connectivity index (χ1) is 18.3. The lowest BCUT2D eigenvalue weighted by Crippen LogP contribution is -2.39. The molecule has 0 saturated heterocycles. The van der Waals surface area contributed by atoms with Crippen molar-refractivity contribution in [2.75, 3.05) is 26.4 Å². The molecule has 1 aromatic carbocycles. The van der Waals surface area contributed by atoms with E-state index in [0.717, 1.165) is 30.9 Å². The number of ether oxygens (including phenoxy) is 4. The molecule has 0 spiro atoms. The van der Waals surface area contributed by atoms with Gasteiger partial charge in [0.25, 0.3) is 0 Å². The standard InChI is InChI=1S/C29H36O9/c1-3-27(31)37-18-24(38-29(34)26-7-5-4-6-25(26)28(32)33)17-36-23(15-30)16-35-22-10-8-20(9-11-22)14-21-12-19(2)13-21/h3,8-13,23-26,30H,1,4-7,14-18H2,2H3,(H,32,33). The Morgan fingerprint density at radius 2 is 1.71 bits per heavy atom. The zero-order valence-corrected chi connectivity index (χ0v) is 21.7. The summed E-state index contributed by atoms with van der Waals surface area (Å²) in [6.07, 6.45) is 6.69. The van der Waals surface area contributed by atoms with Crippen LogP contribution in [0.25, 0.3) is 0 Å². The molecule has 1 fully saturated rings. The number of benzene rings is 1. The molecule has 38 heavy (non-hydrogen) atoms. The van der Waals surface area contributed by atoms with E-state index in [-0.39, 0.29) is 26.4 Å². The van der Waals surface area contributed by atoms with E-state index in [0.29, 0.717) is 18.6 Å². The highest BCUT2D eigenvalue weighted by molar-refractivity contribution is 5.82. The highest BCUT2D eigenvalue weighted by Gasteiger charge is 2.38. The average molecular weight is 529 g/mol. The third-order valence-corrected chi connectivity index (χ3v) is 6.56. The van der Waals surface area contributed by atoms with E-state index in [1.807, 2.05) is 24.3 Å². The van der Waals surface area contributed by atoms with Crippen molar-refractivity contribution in [2.24, 2.45) is 11.8 Å². The lowest BCUT2D eigenvalue weighted by atomic mass is 9.79. The molecule has 0 heterocycles. The summed E-state index contributed by atoms with van der Waals surface area (Å²) in [6.45, 7) is 4.61. The van der Waals surface area contributed by atoms with Gasteiger partial charge in [-0.1, -0.05) is 49.3 Å². The lowest BCUT2D eigenvalue weighted by molar-refractivity contribution is -0.172. The molecule has 2 aliphatic rings. The zero-order chi connectivity index (χ0) is 27.5. The number of rotatable bonds is 15. The second kappa shape index (κ2) is 14.5. The fourth-order valence-electron chi connectivity index (χ4n) is 4.51. The molecule has 1 aromatic rings. The first-order valence-electron chi connectivity index (χ1n) is 12.8. The van der Waals surface area contributed by atoms with Crippen LogP contribution in [0, 0.1) is 11.8 Å². The zero-order valence-electron chi connectivity index (χ0n) is 21.7. The molecular weight excluding hydrogens is 492 g/mol. The molecular formula is C29H36O9.